The normalized spacial score (nSPS) is 16.8. The summed E-state index contributed by atoms with van der Waals surface area (Å²) in [6.07, 6.45) is 0.664. The molecule has 0 bridgehead atoms. The van der Waals surface area contributed by atoms with E-state index in [4.69, 9.17) is 4.42 Å². The quantitative estimate of drug-likeness (QED) is 0.664. The van der Waals surface area contributed by atoms with Crippen molar-refractivity contribution in [2.24, 2.45) is 0 Å². The van der Waals surface area contributed by atoms with Crippen molar-refractivity contribution in [3.05, 3.63) is 23.7 Å². The molecule has 2 heterocycles. The molecule has 1 aliphatic heterocycles. The van der Waals surface area contributed by atoms with Gasteiger partial charge in [0.2, 0.25) is 11.8 Å². The highest BCUT2D eigenvalue weighted by Crippen LogP contribution is 2.16. The lowest BCUT2D eigenvalue weighted by Crippen LogP contribution is -2.28. The van der Waals surface area contributed by atoms with Gasteiger partial charge < -0.3 is 4.42 Å². The highest BCUT2D eigenvalue weighted by Gasteiger charge is 2.29. The largest absolute Gasteiger partial charge is 0.464 e. The van der Waals surface area contributed by atoms with Crippen LogP contribution in [0.25, 0.3) is 0 Å². The fraction of sp³-hybridized carbons (Fsp3) is 0.400. The van der Waals surface area contributed by atoms with E-state index in [2.05, 4.69) is 0 Å². The standard InChI is InChI=1S/C10H11NO3/c1-7-2-3-8(14-7)6-11-9(12)4-5-10(11)13/h2-3H,4-6H2,1H3. The molecule has 4 nitrogen and oxygen atoms in total. The third-order valence-corrected chi connectivity index (χ3v) is 2.26. The summed E-state index contributed by atoms with van der Waals surface area (Å²) in [7, 11) is 0. The minimum Gasteiger partial charge on any atom is -0.464 e. The first kappa shape index (κ1) is 8.99. The Hall–Kier alpha value is -1.58. The van der Waals surface area contributed by atoms with E-state index in [0.717, 1.165) is 5.76 Å². The van der Waals surface area contributed by atoms with E-state index in [9.17, 15) is 9.59 Å². The molecule has 1 saturated heterocycles. The van der Waals surface area contributed by atoms with Crippen LogP contribution in [0.3, 0.4) is 0 Å². The molecule has 14 heavy (non-hydrogen) atoms. The van der Waals surface area contributed by atoms with Crippen LogP contribution in [0, 0.1) is 6.92 Å². The van der Waals surface area contributed by atoms with E-state index in [-0.39, 0.29) is 18.4 Å². The molecule has 1 fully saturated rings. The summed E-state index contributed by atoms with van der Waals surface area (Å²) in [5, 5.41) is 0. The van der Waals surface area contributed by atoms with Crippen LogP contribution in [0.5, 0.6) is 0 Å². The summed E-state index contributed by atoms with van der Waals surface area (Å²) in [5.41, 5.74) is 0. The summed E-state index contributed by atoms with van der Waals surface area (Å²) < 4.78 is 5.30. The maximum absolute atomic E-state index is 11.3. The average Bonchev–Trinajstić information content (AvgIpc) is 2.67. The Balaban J connectivity index is 2.10. The van der Waals surface area contributed by atoms with E-state index < -0.39 is 0 Å². The van der Waals surface area contributed by atoms with E-state index in [1.54, 1.807) is 6.07 Å². The van der Waals surface area contributed by atoms with Gasteiger partial charge in [-0.15, -0.1) is 0 Å². The highest BCUT2D eigenvalue weighted by molar-refractivity contribution is 6.01. The molecule has 0 atom stereocenters. The maximum Gasteiger partial charge on any atom is 0.230 e. The predicted molar refractivity (Wildman–Crippen MR) is 48.2 cm³/mol. The van der Waals surface area contributed by atoms with E-state index in [1.165, 1.54) is 4.90 Å². The van der Waals surface area contributed by atoms with Crippen molar-refractivity contribution in [2.45, 2.75) is 26.3 Å². The van der Waals surface area contributed by atoms with Gasteiger partial charge in [0.25, 0.3) is 0 Å². The average molecular weight is 193 g/mol. The Kier molecular flexibility index (Phi) is 2.11. The van der Waals surface area contributed by atoms with Gasteiger partial charge in [0.05, 0.1) is 6.54 Å². The van der Waals surface area contributed by atoms with Crippen molar-refractivity contribution >= 4 is 11.8 Å². The molecule has 0 saturated carbocycles. The first-order valence-electron chi connectivity index (χ1n) is 4.55. The fourth-order valence-electron chi connectivity index (χ4n) is 1.53. The second kappa shape index (κ2) is 3.29. The van der Waals surface area contributed by atoms with Crippen LogP contribution in [-0.2, 0) is 16.1 Å². The van der Waals surface area contributed by atoms with Gasteiger partial charge in [0.15, 0.2) is 0 Å². The lowest BCUT2D eigenvalue weighted by Gasteiger charge is -2.10. The van der Waals surface area contributed by atoms with E-state index in [0.29, 0.717) is 18.6 Å². The third-order valence-electron chi connectivity index (χ3n) is 2.26. The lowest BCUT2D eigenvalue weighted by atomic mass is 10.4. The smallest absolute Gasteiger partial charge is 0.230 e. The molecule has 4 heteroatoms. The number of carbonyl (C=O) groups excluding carboxylic acids is 2. The molecule has 2 rings (SSSR count). The van der Waals surface area contributed by atoms with E-state index in [1.807, 2.05) is 13.0 Å². The van der Waals surface area contributed by atoms with Gasteiger partial charge in [0.1, 0.15) is 11.5 Å². The Morgan fingerprint density at radius 1 is 1.29 bits per heavy atom. The topological polar surface area (TPSA) is 50.5 Å². The van der Waals surface area contributed by atoms with Gasteiger partial charge in [-0.05, 0) is 19.1 Å². The number of imide groups is 1. The summed E-state index contributed by atoms with van der Waals surface area (Å²) in [4.78, 5) is 23.8. The second-order valence-corrected chi connectivity index (χ2v) is 3.39. The van der Waals surface area contributed by atoms with Crippen molar-refractivity contribution in [1.29, 1.82) is 0 Å². The Morgan fingerprint density at radius 3 is 2.43 bits per heavy atom. The summed E-state index contributed by atoms with van der Waals surface area (Å²) in [6, 6.07) is 3.61. The van der Waals surface area contributed by atoms with Crippen LogP contribution in [-0.4, -0.2) is 16.7 Å². The van der Waals surface area contributed by atoms with Crippen LogP contribution in [0.15, 0.2) is 16.5 Å². The molecule has 74 valence electrons. The molecule has 1 aromatic heterocycles. The molecule has 0 radical (unpaired) electrons. The summed E-state index contributed by atoms with van der Waals surface area (Å²) in [6.45, 7) is 2.10. The number of carbonyl (C=O) groups is 2. The van der Waals surface area contributed by atoms with Crippen LogP contribution < -0.4 is 0 Å². The Morgan fingerprint density at radius 2 is 1.93 bits per heavy atom. The fourth-order valence-corrected chi connectivity index (χ4v) is 1.53. The Bertz CT molecular complexity index is 364. The molecule has 1 aromatic rings. The molecule has 0 aromatic carbocycles. The summed E-state index contributed by atoms with van der Waals surface area (Å²) >= 11 is 0. The van der Waals surface area contributed by atoms with Gasteiger partial charge in [0, 0.05) is 12.8 Å². The maximum atomic E-state index is 11.3. The molecule has 0 aliphatic carbocycles. The Labute approximate surface area is 81.5 Å². The number of nitrogens with zero attached hydrogens (tertiary/aromatic N) is 1. The van der Waals surface area contributed by atoms with Crippen molar-refractivity contribution in [1.82, 2.24) is 4.90 Å². The molecular weight excluding hydrogens is 182 g/mol. The minimum absolute atomic E-state index is 0.107. The minimum atomic E-state index is -0.107. The van der Waals surface area contributed by atoms with Crippen LogP contribution >= 0.6 is 0 Å². The zero-order valence-electron chi connectivity index (χ0n) is 7.95. The van der Waals surface area contributed by atoms with Crippen molar-refractivity contribution in [3.63, 3.8) is 0 Å². The third kappa shape index (κ3) is 1.55. The van der Waals surface area contributed by atoms with Gasteiger partial charge in [-0.25, -0.2) is 0 Å². The van der Waals surface area contributed by atoms with E-state index >= 15 is 0 Å². The molecule has 0 unspecified atom stereocenters. The zero-order chi connectivity index (χ0) is 10.1. The molecule has 0 N–H and O–H groups in total. The number of hydrogen-bond acceptors (Lipinski definition) is 3. The number of likely N-dealkylation sites (tertiary alicyclic amines) is 1. The molecule has 0 spiro atoms. The number of aryl methyl sites for hydroxylation is 1. The number of furan rings is 1. The highest BCUT2D eigenvalue weighted by atomic mass is 16.3. The van der Waals surface area contributed by atoms with Gasteiger partial charge in [-0.2, -0.15) is 0 Å². The molecular formula is C10H11NO3. The lowest BCUT2D eigenvalue weighted by molar-refractivity contribution is -0.139. The molecule has 1 aliphatic rings. The van der Waals surface area contributed by atoms with Crippen LogP contribution in [0.2, 0.25) is 0 Å². The second-order valence-electron chi connectivity index (χ2n) is 3.39. The summed E-state index contributed by atoms with van der Waals surface area (Å²) in [5.74, 6) is 1.23. The van der Waals surface area contributed by atoms with Gasteiger partial charge in [-0.1, -0.05) is 0 Å². The zero-order valence-corrected chi connectivity index (χ0v) is 7.95. The van der Waals surface area contributed by atoms with Crippen LogP contribution in [0.4, 0.5) is 0 Å². The molecule has 2 amide bonds. The SMILES string of the molecule is Cc1ccc(CN2C(=O)CCC2=O)o1. The monoisotopic (exact) mass is 193 g/mol. The number of hydrogen-bond donors (Lipinski definition) is 0. The van der Waals surface area contributed by atoms with Crippen LogP contribution in [0.1, 0.15) is 24.4 Å². The van der Waals surface area contributed by atoms with Crippen molar-refractivity contribution < 1.29 is 14.0 Å². The number of amides is 2. The van der Waals surface area contributed by atoms with Crippen molar-refractivity contribution in [2.75, 3.05) is 0 Å². The first-order chi connectivity index (χ1) is 6.66. The van der Waals surface area contributed by atoms with Crippen molar-refractivity contribution in [3.8, 4) is 0 Å². The number of rotatable bonds is 2. The predicted octanol–water partition coefficient (Wildman–Crippen LogP) is 1.24. The van der Waals surface area contributed by atoms with Gasteiger partial charge in [-0.3, -0.25) is 14.5 Å². The first-order valence-corrected chi connectivity index (χ1v) is 4.55. The van der Waals surface area contributed by atoms with Gasteiger partial charge >= 0.3 is 0 Å².